The molecule has 174 valence electrons. The second kappa shape index (κ2) is 10.5. The second-order valence-corrected chi connectivity index (χ2v) is 7.72. The first-order valence-electron chi connectivity index (χ1n) is 10.4. The van der Waals surface area contributed by atoms with Crippen LogP contribution >= 0.6 is 0 Å². The molecule has 1 heterocycles. The van der Waals surface area contributed by atoms with E-state index in [0.29, 0.717) is 34.6 Å². The average molecular weight is 453 g/mol. The number of hydrogen-bond acceptors (Lipinski definition) is 7. The predicted octanol–water partition coefficient (Wildman–Crippen LogP) is 2.76. The van der Waals surface area contributed by atoms with E-state index in [-0.39, 0.29) is 24.2 Å². The number of hydrogen-bond donors (Lipinski definition) is 3. The molecule has 0 bridgehead atoms. The minimum absolute atomic E-state index is 0.0321. The maximum Gasteiger partial charge on any atom is 0.262 e. The first-order chi connectivity index (χ1) is 15.8. The maximum atomic E-state index is 12.7. The van der Waals surface area contributed by atoms with Crippen molar-refractivity contribution < 1.29 is 28.9 Å². The first kappa shape index (κ1) is 23.6. The number of rotatable bonds is 9. The Labute approximate surface area is 192 Å². The van der Waals surface area contributed by atoms with Gasteiger partial charge in [-0.05, 0) is 48.2 Å². The highest BCUT2D eigenvalue weighted by molar-refractivity contribution is 5.98. The van der Waals surface area contributed by atoms with Gasteiger partial charge in [0.1, 0.15) is 6.04 Å². The van der Waals surface area contributed by atoms with Gasteiger partial charge in [-0.15, -0.1) is 6.58 Å². The van der Waals surface area contributed by atoms with Crippen LogP contribution in [0.1, 0.15) is 35.3 Å². The predicted molar refractivity (Wildman–Crippen MR) is 123 cm³/mol. The van der Waals surface area contributed by atoms with E-state index < -0.39 is 17.9 Å². The number of carbonyl (C=O) groups is 2. The molecule has 0 spiro atoms. The molecular formula is C24H27N3O6. The molecular weight excluding hydrogens is 426 g/mol. The van der Waals surface area contributed by atoms with Crippen LogP contribution in [0.5, 0.6) is 23.0 Å². The molecule has 9 nitrogen and oxygen atoms in total. The molecule has 1 atom stereocenters. The molecule has 9 heteroatoms. The van der Waals surface area contributed by atoms with Crippen LogP contribution < -0.4 is 25.0 Å². The Bertz CT molecular complexity index is 1080. The van der Waals surface area contributed by atoms with Gasteiger partial charge in [-0.25, -0.2) is 5.43 Å². The maximum absolute atomic E-state index is 12.7. The third-order valence-corrected chi connectivity index (χ3v) is 5.02. The van der Waals surface area contributed by atoms with Gasteiger partial charge in [-0.2, -0.15) is 5.10 Å². The lowest BCUT2D eigenvalue weighted by molar-refractivity contribution is -0.123. The number of fused-ring (bicyclic) bond motifs is 1. The van der Waals surface area contributed by atoms with Gasteiger partial charge in [0.25, 0.3) is 11.8 Å². The molecule has 1 unspecified atom stereocenters. The van der Waals surface area contributed by atoms with E-state index in [2.05, 4.69) is 22.4 Å². The Hall–Kier alpha value is -4.01. The van der Waals surface area contributed by atoms with Crippen LogP contribution in [0.15, 0.2) is 48.1 Å². The van der Waals surface area contributed by atoms with Crippen LogP contribution in [-0.4, -0.2) is 43.1 Å². The number of allylic oxidation sites excluding steroid dienone is 1. The topological polar surface area (TPSA) is 118 Å². The number of nitrogens with one attached hydrogen (secondary N) is 2. The van der Waals surface area contributed by atoms with E-state index in [0.717, 1.165) is 0 Å². The van der Waals surface area contributed by atoms with Crippen molar-refractivity contribution in [3.8, 4) is 23.0 Å². The summed E-state index contributed by atoms with van der Waals surface area (Å²) in [4.78, 5) is 25.4. The summed E-state index contributed by atoms with van der Waals surface area (Å²) in [6, 6.07) is 7.33. The molecule has 0 aromatic heterocycles. The molecule has 1 aliphatic heterocycles. The van der Waals surface area contributed by atoms with Crippen molar-refractivity contribution in [3.05, 3.63) is 59.7 Å². The standard InChI is InChI=1S/C24H27N3O6/c1-5-6-16-9-15(10-20(31-4)22(16)28)12-25-27-24(30)21(14(2)3)26-23(29)17-7-8-18-19(11-17)33-13-32-18/h5,7-12,14,21,28H,1,6,13H2,2-4H3,(H,26,29)(H,27,30)/b25-12+. The average Bonchev–Trinajstić information content (AvgIpc) is 3.27. The molecule has 0 radical (unpaired) electrons. The van der Waals surface area contributed by atoms with Crippen LogP contribution in [0.3, 0.4) is 0 Å². The molecule has 0 saturated carbocycles. The van der Waals surface area contributed by atoms with E-state index in [4.69, 9.17) is 14.2 Å². The van der Waals surface area contributed by atoms with Gasteiger partial charge >= 0.3 is 0 Å². The van der Waals surface area contributed by atoms with Crippen LogP contribution in [0.25, 0.3) is 0 Å². The van der Waals surface area contributed by atoms with Gasteiger partial charge in [-0.1, -0.05) is 19.9 Å². The van der Waals surface area contributed by atoms with Gasteiger partial charge in [0.15, 0.2) is 23.0 Å². The van der Waals surface area contributed by atoms with E-state index in [1.165, 1.54) is 13.3 Å². The Morgan fingerprint density at radius 2 is 2.00 bits per heavy atom. The quantitative estimate of drug-likeness (QED) is 0.305. The first-order valence-corrected chi connectivity index (χ1v) is 10.4. The fourth-order valence-corrected chi connectivity index (χ4v) is 3.27. The van der Waals surface area contributed by atoms with Crippen molar-refractivity contribution in [3.63, 3.8) is 0 Å². The van der Waals surface area contributed by atoms with Crippen LogP contribution in [-0.2, 0) is 11.2 Å². The van der Waals surface area contributed by atoms with Gasteiger partial charge in [-0.3, -0.25) is 9.59 Å². The molecule has 0 aliphatic carbocycles. The Balaban J connectivity index is 1.68. The van der Waals surface area contributed by atoms with Crippen LogP contribution in [0, 0.1) is 5.92 Å². The number of carbonyl (C=O) groups excluding carboxylic acids is 2. The highest BCUT2D eigenvalue weighted by Gasteiger charge is 2.25. The van der Waals surface area contributed by atoms with Crippen molar-refractivity contribution in [2.75, 3.05) is 13.9 Å². The summed E-state index contributed by atoms with van der Waals surface area (Å²) >= 11 is 0. The van der Waals surface area contributed by atoms with E-state index in [1.807, 2.05) is 13.8 Å². The molecule has 3 N–H and O–H groups in total. The largest absolute Gasteiger partial charge is 0.504 e. The third-order valence-electron chi connectivity index (χ3n) is 5.02. The smallest absolute Gasteiger partial charge is 0.262 e. The molecule has 1 aliphatic rings. The molecule has 3 rings (SSSR count). The van der Waals surface area contributed by atoms with Crippen molar-refractivity contribution in [1.82, 2.24) is 10.7 Å². The summed E-state index contributed by atoms with van der Waals surface area (Å²) in [5, 5.41) is 16.9. The molecule has 0 fully saturated rings. The highest BCUT2D eigenvalue weighted by Crippen LogP contribution is 2.33. The number of phenols is 1. The molecule has 2 amide bonds. The Morgan fingerprint density at radius 1 is 1.24 bits per heavy atom. The van der Waals surface area contributed by atoms with Gasteiger partial charge in [0, 0.05) is 11.1 Å². The zero-order chi connectivity index (χ0) is 24.0. The van der Waals surface area contributed by atoms with Crippen molar-refractivity contribution >= 4 is 18.0 Å². The monoisotopic (exact) mass is 453 g/mol. The number of aromatic hydroxyl groups is 1. The fourth-order valence-electron chi connectivity index (χ4n) is 3.27. The summed E-state index contributed by atoms with van der Waals surface area (Å²) < 4.78 is 15.7. The van der Waals surface area contributed by atoms with E-state index in [1.54, 1.807) is 36.4 Å². The zero-order valence-electron chi connectivity index (χ0n) is 18.8. The molecule has 2 aromatic carbocycles. The van der Waals surface area contributed by atoms with Crippen molar-refractivity contribution in [1.29, 1.82) is 0 Å². The second-order valence-electron chi connectivity index (χ2n) is 7.72. The van der Waals surface area contributed by atoms with Crippen molar-refractivity contribution in [2.45, 2.75) is 26.3 Å². The number of hydrazone groups is 1. The van der Waals surface area contributed by atoms with E-state index in [9.17, 15) is 14.7 Å². The van der Waals surface area contributed by atoms with Gasteiger partial charge < -0.3 is 24.6 Å². The lowest BCUT2D eigenvalue weighted by Gasteiger charge is -2.20. The normalized spacial score (nSPS) is 13.1. The van der Waals surface area contributed by atoms with Gasteiger partial charge in [0.2, 0.25) is 6.79 Å². The lowest BCUT2D eigenvalue weighted by atomic mass is 10.0. The number of amides is 2. The Kier molecular flexibility index (Phi) is 7.55. The summed E-state index contributed by atoms with van der Waals surface area (Å²) in [7, 11) is 1.45. The van der Waals surface area contributed by atoms with Crippen LogP contribution in [0.4, 0.5) is 0 Å². The summed E-state index contributed by atoms with van der Waals surface area (Å²) in [6.45, 7) is 7.42. The van der Waals surface area contributed by atoms with Gasteiger partial charge in [0.05, 0.1) is 13.3 Å². The van der Waals surface area contributed by atoms with Crippen LogP contribution in [0.2, 0.25) is 0 Å². The fraction of sp³-hybridized carbons (Fsp3) is 0.292. The third kappa shape index (κ3) is 5.62. The number of methoxy groups -OCH3 is 1. The lowest BCUT2D eigenvalue weighted by Crippen LogP contribution is -2.48. The number of benzene rings is 2. The van der Waals surface area contributed by atoms with Crippen molar-refractivity contribution in [2.24, 2.45) is 11.0 Å². The zero-order valence-corrected chi connectivity index (χ0v) is 18.8. The Morgan fingerprint density at radius 3 is 2.70 bits per heavy atom. The summed E-state index contributed by atoms with van der Waals surface area (Å²) in [5.41, 5.74) is 4.05. The molecule has 33 heavy (non-hydrogen) atoms. The molecule has 0 saturated heterocycles. The number of ether oxygens (including phenoxy) is 3. The number of nitrogens with zero attached hydrogens (tertiary/aromatic N) is 1. The number of phenolic OH excluding ortho intramolecular Hbond substituents is 1. The molecule has 2 aromatic rings. The highest BCUT2D eigenvalue weighted by atomic mass is 16.7. The SMILES string of the molecule is C=CCc1cc(/C=N/NC(=O)C(NC(=O)c2ccc3c(c2)OCO3)C(C)C)cc(OC)c1O. The summed E-state index contributed by atoms with van der Waals surface area (Å²) in [5.74, 6) is 0.309. The minimum atomic E-state index is -0.814. The summed E-state index contributed by atoms with van der Waals surface area (Å²) in [6.07, 6.45) is 3.54. The van der Waals surface area contributed by atoms with E-state index >= 15 is 0 Å². The minimum Gasteiger partial charge on any atom is -0.504 e.